The minimum Gasteiger partial charge on any atom is -0.480 e. The van der Waals surface area contributed by atoms with Crippen molar-refractivity contribution in [2.45, 2.75) is 20.3 Å². The molecule has 0 aromatic carbocycles. The molecule has 20 heavy (non-hydrogen) atoms. The number of nitrogens with zero attached hydrogens (tertiary/aromatic N) is 3. The van der Waals surface area contributed by atoms with Gasteiger partial charge in [0.25, 0.3) is 0 Å². The maximum atomic E-state index is 12.3. The zero-order chi connectivity index (χ0) is 14.7. The van der Waals surface area contributed by atoms with Crippen LogP contribution in [0.15, 0.2) is 17.8 Å². The lowest BCUT2D eigenvalue weighted by Crippen LogP contribution is -2.39. The second kappa shape index (κ2) is 6.04. The molecule has 108 valence electrons. The number of thiazole rings is 1. The Balaban J connectivity index is 2.11. The van der Waals surface area contributed by atoms with E-state index in [1.54, 1.807) is 12.4 Å². The number of imidazole rings is 1. The highest BCUT2D eigenvalue weighted by Gasteiger charge is 2.19. The van der Waals surface area contributed by atoms with Crippen molar-refractivity contribution >= 4 is 28.2 Å². The number of rotatable bonds is 6. The van der Waals surface area contributed by atoms with Gasteiger partial charge in [0.05, 0.1) is 6.42 Å². The summed E-state index contributed by atoms with van der Waals surface area (Å²) in [7, 11) is 0. The van der Waals surface area contributed by atoms with Crippen LogP contribution in [0.3, 0.4) is 0 Å². The van der Waals surface area contributed by atoms with Gasteiger partial charge in [-0.15, -0.1) is 11.3 Å². The SMILES string of the molecule is CC(C)CN(CC(=O)O)C(=O)Cc1csc2nccn12. The molecule has 0 radical (unpaired) electrons. The van der Waals surface area contributed by atoms with Crippen LogP contribution in [0.1, 0.15) is 19.5 Å². The Labute approximate surface area is 120 Å². The van der Waals surface area contributed by atoms with Crippen LogP contribution in [-0.2, 0) is 16.0 Å². The maximum Gasteiger partial charge on any atom is 0.323 e. The van der Waals surface area contributed by atoms with Gasteiger partial charge in [0, 0.05) is 30.0 Å². The van der Waals surface area contributed by atoms with Crippen LogP contribution in [-0.4, -0.2) is 44.4 Å². The molecule has 0 atom stereocenters. The summed E-state index contributed by atoms with van der Waals surface area (Å²) in [4.78, 5) is 29.5. The second-order valence-corrected chi connectivity index (χ2v) is 5.88. The molecule has 0 spiro atoms. The summed E-state index contributed by atoms with van der Waals surface area (Å²) in [6, 6.07) is 0. The molecule has 7 heteroatoms. The number of aliphatic carboxylic acids is 1. The number of carbonyl (C=O) groups is 2. The van der Waals surface area contributed by atoms with Crippen molar-refractivity contribution < 1.29 is 14.7 Å². The van der Waals surface area contributed by atoms with Gasteiger partial charge in [0.15, 0.2) is 4.96 Å². The number of hydrogen-bond acceptors (Lipinski definition) is 4. The molecule has 0 bridgehead atoms. The molecular weight excluding hydrogens is 278 g/mol. The minimum atomic E-state index is -0.989. The van der Waals surface area contributed by atoms with Crippen LogP contribution in [0.2, 0.25) is 0 Å². The molecule has 0 aliphatic heterocycles. The number of hydrogen-bond donors (Lipinski definition) is 1. The Hall–Kier alpha value is -1.89. The first-order valence-electron chi connectivity index (χ1n) is 6.36. The molecule has 0 aliphatic carbocycles. The average Bonchev–Trinajstić information content (AvgIpc) is 2.91. The molecule has 1 N–H and O–H groups in total. The first-order valence-corrected chi connectivity index (χ1v) is 7.24. The van der Waals surface area contributed by atoms with Gasteiger partial charge in [-0.2, -0.15) is 0 Å². The summed E-state index contributed by atoms with van der Waals surface area (Å²) >= 11 is 1.47. The van der Waals surface area contributed by atoms with E-state index in [9.17, 15) is 9.59 Å². The number of fused-ring (bicyclic) bond motifs is 1. The quantitative estimate of drug-likeness (QED) is 0.876. The highest BCUT2D eigenvalue weighted by Crippen LogP contribution is 2.16. The summed E-state index contributed by atoms with van der Waals surface area (Å²) in [5.74, 6) is -0.930. The highest BCUT2D eigenvalue weighted by atomic mass is 32.1. The zero-order valence-electron chi connectivity index (χ0n) is 11.4. The summed E-state index contributed by atoms with van der Waals surface area (Å²) < 4.78 is 1.86. The molecule has 6 nitrogen and oxygen atoms in total. The van der Waals surface area contributed by atoms with E-state index >= 15 is 0 Å². The normalized spacial score (nSPS) is 11.2. The fraction of sp³-hybridized carbons (Fsp3) is 0.462. The number of amides is 1. The summed E-state index contributed by atoms with van der Waals surface area (Å²) in [5.41, 5.74) is 0.839. The third kappa shape index (κ3) is 3.36. The molecule has 0 saturated carbocycles. The largest absolute Gasteiger partial charge is 0.480 e. The van der Waals surface area contributed by atoms with Gasteiger partial charge < -0.3 is 10.0 Å². The zero-order valence-corrected chi connectivity index (χ0v) is 12.3. The minimum absolute atomic E-state index is 0.172. The van der Waals surface area contributed by atoms with Gasteiger partial charge in [-0.05, 0) is 5.92 Å². The fourth-order valence-corrected chi connectivity index (χ4v) is 2.88. The molecule has 0 unspecified atom stereocenters. The lowest BCUT2D eigenvalue weighted by Gasteiger charge is -2.22. The van der Waals surface area contributed by atoms with Gasteiger partial charge in [-0.3, -0.25) is 14.0 Å². The van der Waals surface area contributed by atoms with Crippen molar-refractivity contribution in [3.8, 4) is 0 Å². The lowest BCUT2D eigenvalue weighted by molar-refractivity contribution is -0.144. The molecule has 0 saturated heterocycles. The van der Waals surface area contributed by atoms with E-state index in [-0.39, 0.29) is 24.8 Å². The number of carbonyl (C=O) groups excluding carboxylic acids is 1. The first kappa shape index (κ1) is 14.5. The first-order chi connectivity index (χ1) is 9.47. The Morgan fingerprint density at radius 3 is 2.90 bits per heavy atom. The van der Waals surface area contributed by atoms with Crippen molar-refractivity contribution in [1.82, 2.24) is 14.3 Å². The third-order valence-corrected chi connectivity index (χ3v) is 3.72. The van der Waals surface area contributed by atoms with E-state index in [0.29, 0.717) is 6.54 Å². The Morgan fingerprint density at radius 1 is 1.50 bits per heavy atom. The standard InChI is InChI=1S/C13H17N3O3S/c1-9(2)6-15(7-12(18)19)11(17)5-10-8-20-13-14-3-4-16(10)13/h3-4,8-9H,5-7H2,1-2H3,(H,18,19). The highest BCUT2D eigenvalue weighted by molar-refractivity contribution is 7.15. The van der Waals surface area contributed by atoms with Crippen molar-refractivity contribution in [3.05, 3.63) is 23.5 Å². The van der Waals surface area contributed by atoms with E-state index in [2.05, 4.69) is 4.98 Å². The van der Waals surface area contributed by atoms with Crippen LogP contribution >= 0.6 is 11.3 Å². The van der Waals surface area contributed by atoms with Crippen LogP contribution in [0.25, 0.3) is 4.96 Å². The van der Waals surface area contributed by atoms with Gasteiger partial charge in [0.2, 0.25) is 5.91 Å². The van der Waals surface area contributed by atoms with Crippen molar-refractivity contribution in [3.63, 3.8) is 0 Å². The predicted octanol–water partition coefficient (Wildman–Crippen LogP) is 1.51. The molecule has 2 aromatic heterocycles. The molecule has 0 fully saturated rings. The lowest BCUT2D eigenvalue weighted by atomic mass is 10.2. The second-order valence-electron chi connectivity index (χ2n) is 5.05. The number of carboxylic acid groups (broad SMARTS) is 1. The molecule has 1 amide bonds. The molecule has 2 rings (SSSR count). The van der Waals surface area contributed by atoms with Crippen molar-refractivity contribution in [2.24, 2.45) is 5.92 Å². The van der Waals surface area contributed by atoms with Gasteiger partial charge in [-0.25, -0.2) is 4.98 Å². The van der Waals surface area contributed by atoms with Gasteiger partial charge in [0.1, 0.15) is 6.54 Å². The molecule has 2 aromatic rings. The van der Waals surface area contributed by atoms with E-state index in [4.69, 9.17) is 5.11 Å². The maximum absolute atomic E-state index is 12.3. The van der Waals surface area contributed by atoms with Gasteiger partial charge >= 0.3 is 5.97 Å². The van der Waals surface area contributed by atoms with E-state index in [1.165, 1.54) is 16.2 Å². The Morgan fingerprint density at radius 2 is 2.25 bits per heavy atom. The monoisotopic (exact) mass is 295 g/mol. The van der Waals surface area contributed by atoms with Crippen LogP contribution in [0.5, 0.6) is 0 Å². The van der Waals surface area contributed by atoms with E-state index in [0.717, 1.165) is 10.7 Å². The predicted molar refractivity (Wildman–Crippen MR) is 75.8 cm³/mol. The smallest absolute Gasteiger partial charge is 0.323 e. The van der Waals surface area contributed by atoms with E-state index < -0.39 is 5.97 Å². The van der Waals surface area contributed by atoms with Gasteiger partial charge in [-0.1, -0.05) is 13.8 Å². The average molecular weight is 295 g/mol. The van der Waals surface area contributed by atoms with Crippen molar-refractivity contribution in [2.75, 3.05) is 13.1 Å². The number of aromatic nitrogens is 2. The van der Waals surface area contributed by atoms with Crippen LogP contribution in [0.4, 0.5) is 0 Å². The molecule has 0 aliphatic rings. The molecule has 2 heterocycles. The topological polar surface area (TPSA) is 74.9 Å². The van der Waals surface area contributed by atoms with Crippen LogP contribution in [0, 0.1) is 5.92 Å². The Bertz CT molecular complexity index is 617. The number of carboxylic acids is 1. The fourth-order valence-electron chi connectivity index (χ4n) is 2.03. The summed E-state index contributed by atoms with van der Waals surface area (Å²) in [6.07, 6.45) is 3.68. The summed E-state index contributed by atoms with van der Waals surface area (Å²) in [6.45, 7) is 4.11. The molecular formula is C13H17N3O3S. The van der Waals surface area contributed by atoms with Crippen LogP contribution < -0.4 is 0 Å². The third-order valence-electron chi connectivity index (χ3n) is 2.81. The summed E-state index contributed by atoms with van der Waals surface area (Å²) in [5, 5.41) is 10.8. The van der Waals surface area contributed by atoms with Crippen molar-refractivity contribution in [1.29, 1.82) is 0 Å². The Kier molecular flexibility index (Phi) is 4.39. The van der Waals surface area contributed by atoms with E-state index in [1.807, 2.05) is 23.6 Å².